The van der Waals surface area contributed by atoms with Crippen LogP contribution in [0.4, 0.5) is 0 Å². The Bertz CT molecular complexity index is 641. The van der Waals surface area contributed by atoms with Crippen molar-refractivity contribution < 1.29 is 9.53 Å². The summed E-state index contributed by atoms with van der Waals surface area (Å²) in [6, 6.07) is 1.61. The molecule has 0 radical (unpaired) electrons. The summed E-state index contributed by atoms with van der Waals surface area (Å²) in [5.74, 6) is 0.432. The van der Waals surface area contributed by atoms with Crippen LogP contribution in [0.1, 0.15) is 67.7 Å². The summed E-state index contributed by atoms with van der Waals surface area (Å²) in [5, 5.41) is 0. The van der Waals surface area contributed by atoms with Crippen LogP contribution in [0, 0.1) is 12.8 Å². The number of hydrogen-bond donors (Lipinski definition) is 0. The van der Waals surface area contributed by atoms with E-state index in [4.69, 9.17) is 4.74 Å². The van der Waals surface area contributed by atoms with Crippen molar-refractivity contribution in [2.75, 3.05) is 20.2 Å². The molecule has 0 spiro atoms. The Morgan fingerprint density at radius 2 is 1.88 bits per heavy atom. The zero-order chi connectivity index (χ0) is 18.4. The molecule has 1 aliphatic rings. The van der Waals surface area contributed by atoms with Crippen molar-refractivity contribution in [2.24, 2.45) is 5.92 Å². The maximum atomic E-state index is 12.9. The Balaban J connectivity index is 2.48. The number of amides is 1. The number of methoxy groups -OCH3 is 1. The van der Waals surface area contributed by atoms with Gasteiger partial charge in [0.25, 0.3) is 5.91 Å². The van der Waals surface area contributed by atoms with Crippen LogP contribution in [0.3, 0.4) is 0 Å². The lowest BCUT2D eigenvalue weighted by molar-refractivity contribution is 0.0763. The lowest BCUT2D eigenvalue weighted by atomic mass is 9.89. The average Bonchev–Trinajstić information content (AvgIpc) is 2.60. The van der Waals surface area contributed by atoms with E-state index in [0.717, 1.165) is 17.9 Å². The molecular formula is C20H32N2O3. The van der Waals surface area contributed by atoms with Gasteiger partial charge in [-0.2, -0.15) is 0 Å². The molecule has 140 valence electrons. The van der Waals surface area contributed by atoms with E-state index in [9.17, 15) is 9.59 Å². The SMILES string of the molecule is CCN(CC)C(=O)c1c(COC)n(CC2CCCCC2)c(C)cc1=O. The monoisotopic (exact) mass is 348 g/mol. The smallest absolute Gasteiger partial charge is 0.259 e. The molecule has 0 saturated heterocycles. The molecule has 1 aromatic heterocycles. The van der Waals surface area contributed by atoms with E-state index in [1.165, 1.54) is 32.1 Å². The zero-order valence-electron chi connectivity index (χ0n) is 16.1. The van der Waals surface area contributed by atoms with Gasteiger partial charge in [-0.05, 0) is 39.5 Å². The first-order chi connectivity index (χ1) is 12.0. The summed E-state index contributed by atoms with van der Waals surface area (Å²) in [7, 11) is 1.61. The van der Waals surface area contributed by atoms with Gasteiger partial charge in [0.05, 0.1) is 12.3 Å². The number of pyridine rings is 1. The molecule has 5 nitrogen and oxygen atoms in total. The molecular weight excluding hydrogens is 316 g/mol. The third-order valence-electron chi connectivity index (χ3n) is 5.34. The van der Waals surface area contributed by atoms with Gasteiger partial charge >= 0.3 is 0 Å². The minimum Gasteiger partial charge on any atom is -0.378 e. The third kappa shape index (κ3) is 4.51. The standard InChI is InChI=1S/C20H32N2O3/c1-5-21(6-2)20(24)19-17(14-25-4)22(15(3)12-18(19)23)13-16-10-8-7-9-11-16/h12,16H,5-11,13-14H2,1-4H3. The fraction of sp³-hybridized carbons (Fsp3) is 0.700. The maximum absolute atomic E-state index is 12.9. The third-order valence-corrected chi connectivity index (χ3v) is 5.34. The van der Waals surface area contributed by atoms with Crippen molar-refractivity contribution in [3.8, 4) is 0 Å². The second-order valence-corrected chi connectivity index (χ2v) is 7.00. The van der Waals surface area contributed by atoms with Crippen LogP contribution in [-0.4, -0.2) is 35.6 Å². The Labute approximate surface area is 151 Å². The second kappa shape index (κ2) is 9.18. The molecule has 0 atom stereocenters. The van der Waals surface area contributed by atoms with E-state index in [0.29, 0.717) is 19.0 Å². The number of aromatic nitrogens is 1. The van der Waals surface area contributed by atoms with Gasteiger partial charge < -0.3 is 14.2 Å². The van der Waals surface area contributed by atoms with Gasteiger partial charge in [-0.1, -0.05) is 19.3 Å². The summed E-state index contributed by atoms with van der Waals surface area (Å²) < 4.78 is 7.53. The van der Waals surface area contributed by atoms with E-state index in [2.05, 4.69) is 4.57 Å². The van der Waals surface area contributed by atoms with Crippen LogP contribution in [0.25, 0.3) is 0 Å². The molecule has 1 aliphatic carbocycles. The van der Waals surface area contributed by atoms with Gasteiger partial charge in [-0.15, -0.1) is 0 Å². The first-order valence-electron chi connectivity index (χ1n) is 9.54. The Hall–Kier alpha value is -1.62. The Kier molecular flexibility index (Phi) is 7.24. The number of carbonyl (C=O) groups excluding carboxylic acids is 1. The average molecular weight is 348 g/mol. The van der Waals surface area contributed by atoms with Crippen molar-refractivity contribution in [3.63, 3.8) is 0 Å². The highest BCUT2D eigenvalue weighted by Crippen LogP contribution is 2.26. The van der Waals surface area contributed by atoms with E-state index in [1.807, 2.05) is 20.8 Å². The summed E-state index contributed by atoms with van der Waals surface area (Å²) in [4.78, 5) is 27.3. The fourth-order valence-corrected chi connectivity index (χ4v) is 3.90. The summed E-state index contributed by atoms with van der Waals surface area (Å²) in [6.45, 7) is 8.16. The summed E-state index contributed by atoms with van der Waals surface area (Å²) in [5.41, 5.74) is 1.74. The highest BCUT2D eigenvalue weighted by Gasteiger charge is 2.25. The Morgan fingerprint density at radius 1 is 1.24 bits per heavy atom. The van der Waals surface area contributed by atoms with Gasteiger partial charge in [0, 0.05) is 38.5 Å². The predicted molar refractivity (Wildman–Crippen MR) is 100.0 cm³/mol. The van der Waals surface area contributed by atoms with Crippen LogP contribution in [0.15, 0.2) is 10.9 Å². The molecule has 1 saturated carbocycles. The lowest BCUT2D eigenvalue weighted by Crippen LogP contribution is -2.37. The van der Waals surface area contributed by atoms with E-state index >= 15 is 0 Å². The summed E-state index contributed by atoms with van der Waals surface area (Å²) in [6.07, 6.45) is 6.30. The molecule has 0 bridgehead atoms. The molecule has 1 heterocycles. The normalized spacial score (nSPS) is 15.4. The first-order valence-corrected chi connectivity index (χ1v) is 9.54. The molecule has 0 aliphatic heterocycles. The molecule has 0 unspecified atom stereocenters. The van der Waals surface area contributed by atoms with Gasteiger partial charge in [0.1, 0.15) is 5.56 Å². The maximum Gasteiger partial charge on any atom is 0.259 e. The minimum atomic E-state index is -0.193. The van der Waals surface area contributed by atoms with E-state index in [1.54, 1.807) is 18.1 Å². The van der Waals surface area contributed by atoms with Crippen molar-refractivity contribution >= 4 is 5.91 Å². The van der Waals surface area contributed by atoms with Crippen LogP contribution in [0.5, 0.6) is 0 Å². The number of nitrogens with zero attached hydrogens (tertiary/aromatic N) is 2. The molecule has 0 aromatic carbocycles. The van der Waals surface area contributed by atoms with Crippen LogP contribution in [0.2, 0.25) is 0 Å². The molecule has 1 aromatic rings. The van der Waals surface area contributed by atoms with Crippen LogP contribution in [-0.2, 0) is 17.9 Å². The molecule has 1 fully saturated rings. The van der Waals surface area contributed by atoms with Gasteiger partial charge in [-0.25, -0.2) is 0 Å². The molecule has 5 heteroatoms. The van der Waals surface area contributed by atoms with E-state index in [-0.39, 0.29) is 23.5 Å². The van der Waals surface area contributed by atoms with Gasteiger partial charge in [-0.3, -0.25) is 9.59 Å². The topological polar surface area (TPSA) is 51.5 Å². The molecule has 0 N–H and O–H groups in total. The quantitative estimate of drug-likeness (QED) is 0.759. The van der Waals surface area contributed by atoms with Crippen molar-refractivity contribution in [1.82, 2.24) is 9.47 Å². The summed E-state index contributed by atoms with van der Waals surface area (Å²) >= 11 is 0. The lowest BCUT2D eigenvalue weighted by Gasteiger charge is -2.28. The number of carbonyl (C=O) groups is 1. The van der Waals surface area contributed by atoms with E-state index < -0.39 is 0 Å². The highest BCUT2D eigenvalue weighted by atomic mass is 16.5. The van der Waals surface area contributed by atoms with Crippen molar-refractivity contribution in [2.45, 2.75) is 66.0 Å². The fourth-order valence-electron chi connectivity index (χ4n) is 3.90. The minimum absolute atomic E-state index is 0.181. The van der Waals surface area contributed by atoms with Crippen LogP contribution >= 0.6 is 0 Å². The molecule has 1 amide bonds. The first kappa shape index (κ1) is 19.7. The zero-order valence-corrected chi connectivity index (χ0v) is 16.1. The predicted octanol–water partition coefficient (Wildman–Crippen LogP) is 3.37. The van der Waals surface area contributed by atoms with Gasteiger partial charge in [0.15, 0.2) is 5.43 Å². The van der Waals surface area contributed by atoms with Crippen molar-refractivity contribution in [1.29, 1.82) is 0 Å². The highest BCUT2D eigenvalue weighted by molar-refractivity contribution is 5.95. The molecule has 25 heavy (non-hydrogen) atoms. The Morgan fingerprint density at radius 3 is 2.44 bits per heavy atom. The van der Waals surface area contributed by atoms with Crippen LogP contribution < -0.4 is 5.43 Å². The molecule has 2 rings (SSSR count). The largest absolute Gasteiger partial charge is 0.378 e. The number of ether oxygens (including phenoxy) is 1. The number of aryl methyl sites for hydroxylation is 1. The number of hydrogen-bond acceptors (Lipinski definition) is 3. The van der Waals surface area contributed by atoms with Gasteiger partial charge in [0.2, 0.25) is 0 Å². The number of rotatable bonds is 7. The van der Waals surface area contributed by atoms with Crippen molar-refractivity contribution in [3.05, 3.63) is 33.2 Å². The second-order valence-electron chi connectivity index (χ2n) is 7.00.